The molecule has 0 saturated carbocycles. The Bertz CT molecular complexity index is 1830. The van der Waals surface area contributed by atoms with E-state index in [1.54, 1.807) is 42.5 Å². The van der Waals surface area contributed by atoms with Gasteiger partial charge in [-0.15, -0.1) is 0 Å². The fraction of sp³-hybridized carbons (Fsp3) is 0.344. The van der Waals surface area contributed by atoms with Gasteiger partial charge in [-0.3, -0.25) is 10.0 Å². The van der Waals surface area contributed by atoms with Crippen LogP contribution in [-0.4, -0.2) is 81.1 Å². The number of ether oxygens (including phenoxy) is 5. The highest BCUT2D eigenvalue weighted by Crippen LogP contribution is 2.39. The van der Waals surface area contributed by atoms with E-state index in [1.165, 1.54) is 25.6 Å². The van der Waals surface area contributed by atoms with Crippen LogP contribution in [0.1, 0.15) is 31.0 Å². The molecule has 1 aliphatic heterocycles. The van der Waals surface area contributed by atoms with E-state index >= 15 is 0 Å². The Morgan fingerprint density at radius 1 is 1.06 bits per heavy atom. The average Bonchev–Trinajstić information content (AvgIpc) is 3.10. The third-order valence-corrected chi connectivity index (χ3v) is 8.66. The predicted octanol–water partition coefficient (Wildman–Crippen LogP) is 5.25. The second-order valence-electron chi connectivity index (χ2n) is 10.9. The Hall–Kier alpha value is -4.77. The van der Waals surface area contributed by atoms with Crippen molar-refractivity contribution in [2.45, 2.75) is 31.4 Å². The summed E-state index contributed by atoms with van der Waals surface area (Å²) in [5.74, 6) is 1.08. The summed E-state index contributed by atoms with van der Waals surface area (Å²) < 4.78 is 58.0. The molecule has 0 unspecified atom stereocenters. The number of nitrogens with one attached hydrogen (secondary N) is 2. The normalized spacial score (nSPS) is 13.2. The van der Waals surface area contributed by atoms with E-state index in [0.29, 0.717) is 37.9 Å². The Morgan fingerprint density at radius 2 is 1.88 bits per heavy atom. The van der Waals surface area contributed by atoms with Crippen molar-refractivity contribution in [3.8, 4) is 17.2 Å². The van der Waals surface area contributed by atoms with Gasteiger partial charge in [-0.05, 0) is 41.8 Å². The number of anilines is 3. The third kappa shape index (κ3) is 9.66. The minimum atomic E-state index is -4.26. The van der Waals surface area contributed by atoms with E-state index in [9.17, 15) is 13.2 Å². The lowest BCUT2D eigenvalue weighted by atomic mass is 10.1. The van der Waals surface area contributed by atoms with Crippen molar-refractivity contribution in [3.63, 3.8) is 0 Å². The van der Waals surface area contributed by atoms with Crippen LogP contribution >= 0.6 is 11.6 Å². The third-order valence-electron chi connectivity index (χ3n) is 7.10. The molecule has 1 aliphatic rings. The number of methoxy groups -OCH3 is 1. The summed E-state index contributed by atoms with van der Waals surface area (Å²) in [5.41, 5.74) is 1.07. The average molecular weight is 714 g/mol. The SMILES string of the molecule is COc1ccc(Cl)c(Oc2c(COCCOC(=O)Nc3ccccn3)nc(N3CCOCC3)nc2NS(=O)(=O)c2ccc(C(C)C)cn2)c1. The Kier molecular flexibility index (Phi) is 12.0. The summed E-state index contributed by atoms with van der Waals surface area (Å²) in [7, 11) is -2.78. The summed E-state index contributed by atoms with van der Waals surface area (Å²) in [4.78, 5) is 31.5. The molecule has 0 atom stereocenters. The molecule has 49 heavy (non-hydrogen) atoms. The Labute approximate surface area is 289 Å². The highest BCUT2D eigenvalue weighted by Gasteiger charge is 2.27. The van der Waals surface area contributed by atoms with Gasteiger partial charge in [-0.1, -0.05) is 37.6 Å². The van der Waals surface area contributed by atoms with Gasteiger partial charge in [0.1, 0.15) is 29.6 Å². The maximum atomic E-state index is 13.7. The van der Waals surface area contributed by atoms with Gasteiger partial charge in [-0.25, -0.2) is 19.7 Å². The van der Waals surface area contributed by atoms with Crippen molar-refractivity contribution in [2.75, 3.05) is 61.6 Å². The summed E-state index contributed by atoms with van der Waals surface area (Å²) >= 11 is 6.48. The second kappa shape index (κ2) is 16.6. The summed E-state index contributed by atoms with van der Waals surface area (Å²) in [6, 6.07) is 13.0. The molecule has 15 nitrogen and oxygen atoms in total. The van der Waals surface area contributed by atoms with Crippen molar-refractivity contribution in [3.05, 3.63) is 77.2 Å². The van der Waals surface area contributed by atoms with Crippen molar-refractivity contribution < 1.29 is 36.9 Å². The Balaban J connectivity index is 1.45. The highest BCUT2D eigenvalue weighted by molar-refractivity contribution is 7.92. The zero-order chi connectivity index (χ0) is 34.8. The van der Waals surface area contributed by atoms with Crippen LogP contribution in [0.5, 0.6) is 17.2 Å². The molecule has 0 spiro atoms. The molecule has 0 bridgehead atoms. The fourth-order valence-electron chi connectivity index (χ4n) is 4.47. The smallest absolute Gasteiger partial charge is 0.412 e. The first-order chi connectivity index (χ1) is 23.6. The fourth-order valence-corrected chi connectivity index (χ4v) is 5.57. The van der Waals surface area contributed by atoms with E-state index in [-0.39, 0.29) is 64.7 Å². The molecule has 0 aliphatic carbocycles. The number of pyridine rings is 2. The number of carbonyl (C=O) groups is 1. The van der Waals surface area contributed by atoms with Crippen LogP contribution in [0.25, 0.3) is 0 Å². The van der Waals surface area contributed by atoms with E-state index in [2.05, 4.69) is 25.0 Å². The van der Waals surface area contributed by atoms with Crippen LogP contribution in [0.4, 0.5) is 22.4 Å². The van der Waals surface area contributed by atoms with Crippen LogP contribution in [0.2, 0.25) is 5.02 Å². The second-order valence-corrected chi connectivity index (χ2v) is 12.9. The van der Waals surface area contributed by atoms with Crippen molar-refractivity contribution >= 4 is 45.3 Å². The standard InChI is InChI=1S/C32H36ClN7O8S/c1-21(2)22-7-10-28(35-19-22)49(42,43)39-30-29(48-26-18-23(44-3)8-9-24(26)33)25(36-31(38-30)40-12-14-45-15-13-40)20-46-16-17-47-32(41)37-27-6-4-5-11-34-27/h4-11,18-19,21H,12-17,20H2,1-3H3,(H,34,37,41)(H,36,38,39). The van der Waals surface area contributed by atoms with Crippen molar-refractivity contribution in [1.82, 2.24) is 19.9 Å². The molecule has 1 aromatic carbocycles. The topological polar surface area (TPSA) is 176 Å². The summed E-state index contributed by atoms with van der Waals surface area (Å²) in [6.07, 6.45) is 2.35. The largest absolute Gasteiger partial charge is 0.497 e. The minimum Gasteiger partial charge on any atom is -0.497 e. The lowest BCUT2D eigenvalue weighted by Gasteiger charge is -2.28. The zero-order valence-electron chi connectivity index (χ0n) is 27.1. The summed E-state index contributed by atoms with van der Waals surface area (Å²) in [5, 5.41) is 2.52. The number of carbonyl (C=O) groups excluding carboxylic acids is 1. The molecule has 1 saturated heterocycles. The molecular formula is C32H36ClN7O8S. The molecule has 5 rings (SSSR count). The van der Waals surface area contributed by atoms with Crippen LogP contribution in [0, 0.1) is 0 Å². The number of halogens is 1. The van der Waals surface area contributed by atoms with Gasteiger partial charge in [0.15, 0.2) is 16.6 Å². The number of aromatic nitrogens is 4. The first-order valence-corrected chi connectivity index (χ1v) is 17.2. The van der Waals surface area contributed by atoms with Gasteiger partial charge in [0.25, 0.3) is 10.0 Å². The number of amides is 1. The molecule has 3 aromatic heterocycles. The maximum Gasteiger partial charge on any atom is 0.412 e. The quantitative estimate of drug-likeness (QED) is 0.162. The number of rotatable bonds is 14. The van der Waals surface area contributed by atoms with Crippen LogP contribution in [0.3, 0.4) is 0 Å². The molecule has 17 heteroatoms. The molecule has 260 valence electrons. The number of benzene rings is 1. The number of hydrogen-bond acceptors (Lipinski definition) is 13. The van der Waals surface area contributed by atoms with E-state index in [0.717, 1.165) is 5.56 Å². The van der Waals surface area contributed by atoms with Crippen LogP contribution in [0.15, 0.2) is 66.0 Å². The van der Waals surface area contributed by atoms with Gasteiger partial charge in [0.05, 0.1) is 38.6 Å². The first-order valence-electron chi connectivity index (χ1n) is 15.3. The maximum absolute atomic E-state index is 13.7. The number of hydrogen-bond donors (Lipinski definition) is 2. The van der Waals surface area contributed by atoms with Crippen LogP contribution < -0.4 is 24.4 Å². The van der Waals surface area contributed by atoms with E-state index in [1.807, 2.05) is 18.7 Å². The van der Waals surface area contributed by atoms with Crippen molar-refractivity contribution in [2.24, 2.45) is 0 Å². The predicted molar refractivity (Wildman–Crippen MR) is 181 cm³/mol. The lowest BCUT2D eigenvalue weighted by molar-refractivity contribution is 0.0673. The molecular weight excluding hydrogens is 678 g/mol. The Morgan fingerprint density at radius 3 is 2.57 bits per heavy atom. The molecule has 4 heterocycles. The zero-order valence-corrected chi connectivity index (χ0v) is 28.7. The summed E-state index contributed by atoms with van der Waals surface area (Å²) in [6.45, 7) is 5.44. The van der Waals surface area contributed by atoms with Gasteiger partial charge < -0.3 is 28.6 Å². The number of nitrogens with zero attached hydrogens (tertiary/aromatic N) is 5. The van der Waals surface area contributed by atoms with Crippen molar-refractivity contribution in [1.29, 1.82) is 0 Å². The number of sulfonamides is 1. The first kappa shape index (κ1) is 35.5. The van der Waals surface area contributed by atoms with Gasteiger partial charge >= 0.3 is 6.09 Å². The van der Waals surface area contributed by atoms with Gasteiger partial charge in [0.2, 0.25) is 5.95 Å². The van der Waals surface area contributed by atoms with Gasteiger partial charge in [0, 0.05) is 31.5 Å². The molecule has 2 N–H and O–H groups in total. The monoisotopic (exact) mass is 713 g/mol. The molecule has 1 amide bonds. The van der Waals surface area contributed by atoms with Gasteiger partial charge in [-0.2, -0.15) is 13.4 Å². The highest BCUT2D eigenvalue weighted by atomic mass is 35.5. The van der Waals surface area contributed by atoms with E-state index in [4.69, 9.17) is 40.3 Å². The number of morpholine rings is 1. The molecule has 0 radical (unpaired) electrons. The van der Waals surface area contributed by atoms with Crippen LogP contribution in [-0.2, 0) is 30.8 Å². The lowest BCUT2D eigenvalue weighted by Crippen LogP contribution is -2.37. The molecule has 1 fully saturated rings. The molecule has 4 aromatic rings. The minimum absolute atomic E-state index is 0.0287. The van der Waals surface area contributed by atoms with E-state index < -0.39 is 16.1 Å².